The monoisotopic (exact) mass is 529 g/mol. The van der Waals surface area contributed by atoms with Gasteiger partial charge in [0.05, 0.1) is 12.5 Å². The van der Waals surface area contributed by atoms with E-state index in [1.54, 1.807) is 54.6 Å². The number of carbonyl (C=O) groups excluding carboxylic acids is 4. The van der Waals surface area contributed by atoms with Crippen LogP contribution in [0, 0.1) is 0 Å². The summed E-state index contributed by atoms with van der Waals surface area (Å²) in [4.78, 5) is 61.7. The average Bonchev–Trinajstić information content (AvgIpc) is 2.86. The molecule has 0 aliphatic carbocycles. The quantitative estimate of drug-likeness (QED) is 0.155. The molecule has 4 atom stereocenters. The normalized spacial score (nSPS) is 13.9. The zero-order chi connectivity index (χ0) is 27.4. The molecule has 0 heterocycles. The second-order valence-electron chi connectivity index (χ2n) is 8.36. The summed E-state index contributed by atoms with van der Waals surface area (Å²) in [6.45, 7) is 0. The Balaban J connectivity index is 2.18. The van der Waals surface area contributed by atoms with Gasteiger partial charge in [-0.05, 0) is 17.5 Å². The molecule has 0 saturated carbocycles. The van der Waals surface area contributed by atoms with Crippen LogP contribution >= 0.6 is 12.6 Å². The Bertz CT molecular complexity index is 1090. The number of carboxylic acid groups (broad SMARTS) is 1. The number of carbonyl (C=O) groups is 5. The predicted octanol–water partition coefficient (Wildman–Crippen LogP) is -0.857. The van der Waals surface area contributed by atoms with Gasteiger partial charge < -0.3 is 32.5 Å². The molecule has 0 aromatic heterocycles. The SMILES string of the molecule is NC(=O)CC(NC(=O)C(N)Cc1ccccc1)C(=O)NC(Cc1ccccc1)C(=O)NC(CS)C(=O)O. The minimum absolute atomic E-state index is 0.0160. The van der Waals surface area contributed by atoms with Crippen molar-refractivity contribution in [3.8, 4) is 0 Å². The number of thiol groups is 1. The van der Waals surface area contributed by atoms with Gasteiger partial charge in [-0.1, -0.05) is 60.7 Å². The van der Waals surface area contributed by atoms with E-state index in [2.05, 4.69) is 28.6 Å². The summed E-state index contributed by atoms with van der Waals surface area (Å²) in [5, 5.41) is 16.5. The number of nitrogens with two attached hydrogens (primary N) is 2. The number of hydrogen-bond donors (Lipinski definition) is 7. The van der Waals surface area contributed by atoms with Gasteiger partial charge in [0.2, 0.25) is 23.6 Å². The van der Waals surface area contributed by atoms with Crippen molar-refractivity contribution in [2.45, 2.75) is 43.4 Å². The largest absolute Gasteiger partial charge is 0.480 e. The second kappa shape index (κ2) is 14.6. The van der Waals surface area contributed by atoms with Crippen LogP contribution in [0.15, 0.2) is 60.7 Å². The molecule has 0 aliphatic rings. The summed E-state index contributed by atoms with van der Waals surface area (Å²) in [6.07, 6.45) is -0.331. The standard InChI is InChI=1S/C25H31N5O6S/c26-17(11-15-7-3-1-4-8-15)22(32)28-19(13-21(27)31)24(34)29-18(12-16-9-5-2-6-10-16)23(33)30-20(14-37)25(35)36/h1-10,17-20,37H,11-14,26H2,(H2,27,31)(H,28,32)(H,29,34)(H,30,33)(H,35,36). The fraction of sp³-hybridized carbons (Fsp3) is 0.320. The molecule has 2 aromatic rings. The topological polar surface area (TPSA) is 194 Å². The van der Waals surface area contributed by atoms with Crippen molar-refractivity contribution >= 4 is 42.2 Å². The second-order valence-corrected chi connectivity index (χ2v) is 8.73. The Morgan fingerprint density at radius 2 is 1.19 bits per heavy atom. The molecule has 11 nitrogen and oxygen atoms in total. The van der Waals surface area contributed by atoms with Crippen LogP contribution in [0.3, 0.4) is 0 Å². The molecule has 4 amide bonds. The molecule has 2 rings (SSSR count). The van der Waals surface area contributed by atoms with Gasteiger partial charge in [0.1, 0.15) is 18.1 Å². The van der Waals surface area contributed by atoms with Crippen LogP contribution in [-0.4, -0.2) is 64.6 Å². The van der Waals surface area contributed by atoms with Crippen molar-refractivity contribution in [1.29, 1.82) is 0 Å². The van der Waals surface area contributed by atoms with Gasteiger partial charge in [0.25, 0.3) is 0 Å². The molecule has 12 heteroatoms. The molecule has 0 radical (unpaired) electrons. The van der Waals surface area contributed by atoms with Crippen LogP contribution in [0.25, 0.3) is 0 Å². The molecule has 37 heavy (non-hydrogen) atoms. The lowest BCUT2D eigenvalue weighted by atomic mass is 10.0. The molecular weight excluding hydrogens is 498 g/mol. The number of carboxylic acids is 1. The Kier molecular flexibility index (Phi) is 11.6. The van der Waals surface area contributed by atoms with Crippen LogP contribution in [0.1, 0.15) is 17.5 Å². The van der Waals surface area contributed by atoms with Crippen LogP contribution < -0.4 is 27.4 Å². The smallest absolute Gasteiger partial charge is 0.327 e. The number of rotatable bonds is 14. The molecule has 0 spiro atoms. The number of hydrogen-bond acceptors (Lipinski definition) is 7. The first-order chi connectivity index (χ1) is 17.6. The summed E-state index contributed by atoms with van der Waals surface area (Å²) >= 11 is 3.94. The summed E-state index contributed by atoms with van der Waals surface area (Å²) in [7, 11) is 0. The fourth-order valence-electron chi connectivity index (χ4n) is 3.44. The highest BCUT2D eigenvalue weighted by atomic mass is 32.1. The molecule has 8 N–H and O–H groups in total. The van der Waals surface area contributed by atoms with E-state index in [-0.39, 0.29) is 18.6 Å². The number of benzene rings is 2. The first kappa shape index (κ1) is 29.3. The lowest BCUT2D eigenvalue weighted by Crippen LogP contribution is -2.58. The van der Waals surface area contributed by atoms with E-state index in [0.29, 0.717) is 5.56 Å². The van der Waals surface area contributed by atoms with Crippen molar-refractivity contribution in [3.05, 3.63) is 71.8 Å². The van der Waals surface area contributed by atoms with E-state index < -0.39 is 60.2 Å². The van der Waals surface area contributed by atoms with E-state index in [0.717, 1.165) is 5.56 Å². The maximum Gasteiger partial charge on any atom is 0.327 e. The van der Waals surface area contributed by atoms with Crippen molar-refractivity contribution in [2.24, 2.45) is 11.5 Å². The zero-order valence-electron chi connectivity index (χ0n) is 20.0. The first-order valence-corrected chi connectivity index (χ1v) is 12.1. The van der Waals surface area contributed by atoms with Crippen molar-refractivity contribution in [3.63, 3.8) is 0 Å². The maximum absolute atomic E-state index is 13.1. The van der Waals surface area contributed by atoms with Gasteiger partial charge in [-0.3, -0.25) is 19.2 Å². The Hall–Kier alpha value is -3.90. The van der Waals surface area contributed by atoms with Gasteiger partial charge in [-0.2, -0.15) is 12.6 Å². The zero-order valence-corrected chi connectivity index (χ0v) is 20.9. The summed E-state index contributed by atoms with van der Waals surface area (Å²) < 4.78 is 0. The van der Waals surface area contributed by atoms with Crippen molar-refractivity contribution in [2.75, 3.05) is 5.75 Å². The van der Waals surface area contributed by atoms with Crippen LogP contribution in [0.5, 0.6) is 0 Å². The molecule has 198 valence electrons. The average molecular weight is 530 g/mol. The van der Waals surface area contributed by atoms with Crippen LogP contribution in [-0.2, 0) is 36.8 Å². The molecule has 2 aromatic carbocycles. The Labute approximate surface area is 219 Å². The number of amides is 4. The van der Waals surface area contributed by atoms with E-state index in [9.17, 15) is 29.1 Å². The van der Waals surface area contributed by atoms with E-state index >= 15 is 0 Å². The molecule has 0 aliphatic heterocycles. The first-order valence-electron chi connectivity index (χ1n) is 11.5. The molecule has 0 saturated heterocycles. The molecule has 0 fully saturated rings. The minimum atomic E-state index is -1.40. The third kappa shape index (κ3) is 9.94. The Morgan fingerprint density at radius 1 is 0.730 bits per heavy atom. The number of primary amides is 1. The highest BCUT2D eigenvalue weighted by Crippen LogP contribution is 2.07. The van der Waals surface area contributed by atoms with Gasteiger partial charge in [0.15, 0.2) is 0 Å². The lowest BCUT2D eigenvalue weighted by Gasteiger charge is -2.24. The summed E-state index contributed by atoms with van der Waals surface area (Å²) in [5.74, 6) is -4.64. The molecular formula is C25H31N5O6S. The van der Waals surface area contributed by atoms with Gasteiger partial charge >= 0.3 is 5.97 Å². The lowest BCUT2D eigenvalue weighted by molar-refractivity contribution is -0.141. The van der Waals surface area contributed by atoms with Crippen molar-refractivity contribution < 1.29 is 29.1 Å². The minimum Gasteiger partial charge on any atom is -0.480 e. The number of aliphatic carboxylic acids is 1. The Morgan fingerprint density at radius 3 is 1.68 bits per heavy atom. The van der Waals surface area contributed by atoms with Gasteiger partial charge in [0, 0.05) is 12.2 Å². The highest BCUT2D eigenvalue weighted by molar-refractivity contribution is 7.80. The molecule has 4 unspecified atom stereocenters. The van der Waals surface area contributed by atoms with E-state index in [1.165, 1.54) is 0 Å². The highest BCUT2D eigenvalue weighted by Gasteiger charge is 2.31. The van der Waals surface area contributed by atoms with Gasteiger partial charge in [-0.25, -0.2) is 4.79 Å². The summed E-state index contributed by atoms with van der Waals surface area (Å²) in [5.41, 5.74) is 12.8. The third-order valence-electron chi connectivity index (χ3n) is 5.39. The van der Waals surface area contributed by atoms with Crippen molar-refractivity contribution in [1.82, 2.24) is 16.0 Å². The predicted molar refractivity (Wildman–Crippen MR) is 139 cm³/mol. The van der Waals surface area contributed by atoms with Crippen LogP contribution in [0.4, 0.5) is 0 Å². The number of nitrogens with one attached hydrogen (secondary N) is 3. The van der Waals surface area contributed by atoms with Gasteiger partial charge in [-0.15, -0.1) is 0 Å². The summed E-state index contributed by atoms with van der Waals surface area (Å²) in [6, 6.07) is 12.8. The fourth-order valence-corrected chi connectivity index (χ4v) is 3.69. The van der Waals surface area contributed by atoms with Crippen LogP contribution in [0.2, 0.25) is 0 Å². The van der Waals surface area contributed by atoms with E-state index in [1.807, 2.05) is 6.07 Å². The maximum atomic E-state index is 13.1. The van der Waals surface area contributed by atoms with E-state index in [4.69, 9.17) is 11.5 Å². The molecule has 0 bridgehead atoms. The third-order valence-corrected chi connectivity index (χ3v) is 5.75.